The van der Waals surface area contributed by atoms with Crippen LogP contribution in [-0.4, -0.2) is 24.5 Å². The van der Waals surface area contributed by atoms with Crippen LogP contribution in [0.25, 0.3) is 0 Å². The van der Waals surface area contributed by atoms with E-state index in [1.54, 1.807) is 12.1 Å². The Bertz CT molecular complexity index is 760. The Morgan fingerprint density at radius 1 is 1.29 bits per heavy atom. The molecule has 8 heteroatoms. The fraction of sp³-hybridized carbons (Fsp3) is 0.0769. The molecule has 0 saturated heterocycles. The van der Waals surface area contributed by atoms with E-state index in [4.69, 9.17) is 5.11 Å². The Kier molecular flexibility index (Phi) is 4.59. The van der Waals surface area contributed by atoms with Crippen LogP contribution in [-0.2, 0) is 21.2 Å². The number of carbonyl (C=O) groups is 1. The highest BCUT2D eigenvalue weighted by atomic mass is 79.9. The molecule has 0 unspecified atom stereocenters. The van der Waals surface area contributed by atoms with Crippen molar-refractivity contribution in [3.05, 3.63) is 52.8 Å². The lowest BCUT2D eigenvalue weighted by Crippen LogP contribution is -2.13. The predicted octanol–water partition coefficient (Wildman–Crippen LogP) is 2.27. The Morgan fingerprint density at radius 3 is 2.62 bits per heavy atom. The number of hydrogen-bond donors (Lipinski definition) is 2. The number of nitrogens with zero attached hydrogens (tertiary/aromatic N) is 1. The summed E-state index contributed by atoms with van der Waals surface area (Å²) < 4.78 is 27.4. The van der Waals surface area contributed by atoms with Crippen LogP contribution in [0.15, 0.2) is 52.0 Å². The van der Waals surface area contributed by atoms with Crippen LogP contribution >= 0.6 is 15.9 Å². The Morgan fingerprint density at radius 2 is 2.05 bits per heavy atom. The van der Waals surface area contributed by atoms with Crippen LogP contribution in [0.1, 0.15) is 5.69 Å². The number of hydrogen-bond acceptors (Lipinski definition) is 4. The zero-order chi connectivity index (χ0) is 15.5. The van der Waals surface area contributed by atoms with Gasteiger partial charge in [0.05, 0.1) is 28.9 Å². The number of aliphatic carboxylic acids is 1. The van der Waals surface area contributed by atoms with Crippen LogP contribution in [0, 0.1) is 0 Å². The number of anilines is 1. The minimum atomic E-state index is -3.71. The number of carboxylic acid groups (broad SMARTS) is 1. The van der Waals surface area contributed by atoms with Crippen molar-refractivity contribution >= 4 is 37.6 Å². The first-order chi connectivity index (χ1) is 9.87. The molecule has 110 valence electrons. The van der Waals surface area contributed by atoms with Gasteiger partial charge in [-0.05, 0) is 30.3 Å². The van der Waals surface area contributed by atoms with Crippen molar-refractivity contribution < 1.29 is 18.3 Å². The first-order valence-electron chi connectivity index (χ1n) is 5.82. The lowest BCUT2D eigenvalue weighted by molar-refractivity contribution is -0.136. The summed E-state index contributed by atoms with van der Waals surface area (Å²) in [6, 6.07) is 9.23. The summed E-state index contributed by atoms with van der Waals surface area (Å²) in [5.41, 5.74) is 0.622. The predicted molar refractivity (Wildman–Crippen MR) is 80.5 cm³/mol. The van der Waals surface area contributed by atoms with Gasteiger partial charge in [0.15, 0.2) is 0 Å². The highest BCUT2D eigenvalue weighted by Gasteiger charge is 2.14. The molecule has 2 rings (SSSR count). The number of nitrogens with one attached hydrogen (secondary N) is 1. The second kappa shape index (κ2) is 6.23. The topological polar surface area (TPSA) is 96.4 Å². The van der Waals surface area contributed by atoms with E-state index < -0.39 is 16.0 Å². The van der Waals surface area contributed by atoms with E-state index >= 15 is 0 Å². The number of aromatic nitrogens is 1. The van der Waals surface area contributed by atoms with Crippen molar-refractivity contribution in [1.29, 1.82) is 0 Å². The van der Waals surface area contributed by atoms with Gasteiger partial charge in [0.25, 0.3) is 10.0 Å². The number of rotatable bonds is 5. The maximum absolute atomic E-state index is 12.2. The molecule has 0 aliphatic rings. The minimum absolute atomic E-state index is 0.117. The Balaban J connectivity index is 2.19. The largest absolute Gasteiger partial charge is 0.481 e. The van der Waals surface area contributed by atoms with Gasteiger partial charge in [-0.3, -0.25) is 14.5 Å². The number of pyridine rings is 1. The summed E-state index contributed by atoms with van der Waals surface area (Å²) in [6.45, 7) is 0. The average Bonchev–Trinajstić information content (AvgIpc) is 2.40. The molecule has 0 aliphatic carbocycles. The molecular formula is C13H11BrN2O4S. The smallest absolute Gasteiger partial charge is 0.309 e. The van der Waals surface area contributed by atoms with Crippen LogP contribution in [0.3, 0.4) is 0 Å². The van der Waals surface area contributed by atoms with Gasteiger partial charge in [-0.15, -0.1) is 0 Å². The third-order valence-corrected chi connectivity index (χ3v) is 4.39. The zero-order valence-corrected chi connectivity index (χ0v) is 13.1. The molecule has 0 aliphatic heterocycles. The van der Waals surface area contributed by atoms with Gasteiger partial charge in [-0.25, -0.2) is 8.42 Å². The molecule has 0 amide bonds. The molecule has 0 radical (unpaired) electrons. The maximum atomic E-state index is 12.2. The second-order valence-electron chi connectivity index (χ2n) is 4.17. The van der Waals surface area contributed by atoms with Gasteiger partial charge in [0.1, 0.15) is 0 Å². The summed E-state index contributed by atoms with van der Waals surface area (Å²) in [5, 5.41) is 8.64. The fourth-order valence-electron chi connectivity index (χ4n) is 1.59. The zero-order valence-electron chi connectivity index (χ0n) is 10.7. The van der Waals surface area contributed by atoms with Gasteiger partial charge in [0.2, 0.25) is 0 Å². The van der Waals surface area contributed by atoms with Crippen molar-refractivity contribution in [3.63, 3.8) is 0 Å². The minimum Gasteiger partial charge on any atom is -0.481 e. The van der Waals surface area contributed by atoms with E-state index in [2.05, 4.69) is 25.6 Å². The molecule has 1 aromatic heterocycles. The van der Waals surface area contributed by atoms with Crippen molar-refractivity contribution in [2.24, 2.45) is 0 Å². The summed E-state index contributed by atoms with van der Waals surface area (Å²) in [6.07, 6.45) is 1.08. The first-order valence-corrected chi connectivity index (χ1v) is 8.09. The van der Waals surface area contributed by atoms with Crippen LogP contribution in [0.5, 0.6) is 0 Å². The SMILES string of the molecule is O=C(O)Cc1ccc(NS(=O)(=O)c2cccc(Br)c2)cn1. The molecule has 1 aromatic carbocycles. The molecule has 0 saturated carbocycles. The van der Waals surface area contributed by atoms with E-state index in [0.29, 0.717) is 10.2 Å². The van der Waals surface area contributed by atoms with Crippen LogP contribution < -0.4 is 4.72 Å². The van der Waals surface area contributed by atoms with Gasteiger partial charge in [-0.2, -0.15) is 0 Å². The van der Waals surface area contributed by atoms with Crippen LogP contribution in [0.4, 0.5) is 5.69 Å². The second-order valence-corrected chi connectivity index (χ2v) is 6.77. The van der Waals surface area contributed by atoms with Crippen molar-refractivity contribution in [3.8, 4) is 0 Å². The Hall–Kier alpha value is -1.93. The molecule has 6 nitrogen and oxygen atoms in total. The van der Waals surface area contributed by atoms with Crippen molar-refractivity contribution in [1.82, 2.24) is 4.98 Å². The average molecular weight is 371 g/mol. The molecule has 2 aromatic rings. The molecule has 0 spiro atoms. The van der Waals surface area contributed by atoms with E-state index in [1.165, 1.54) is 30.5 Å². The third-order valence-electron chi connectivity index (χ3n) is 2.52. The fourth-order valence-corrected chi connectivity index (χ4v) is 3.23. The number of benzene rings is 1. The summed E-state index contributed by atoms with van der Waals surface area (Å²) in [4.78, 5) is 14.6. The number of sulfonamides is 1. The summed E-state index contributed by atoms with van der Waals surface area (Å²) in [7, 11) is -3.71. The summed E-state index contributed by atoms with van der Waals surface area (Å²) >= 11 is 3.21. The van der Waals surface area contributed by atoms with Gasteiger partial charge >= 0.3 is 5.97 Å². The van der Waals surface area contributed by atoms with Crippen molar-refractivity contribution in [2.45, 2.75) is 11.3 Å². The van der Waals surface area contributed by atoms with Gasteiger partial charge in [0, 0.05) is 4.47 Å². The van der Waals surface area contributed by atoms with E-state index in [9.17, 15) is 13.2 Å². The van der Waals surface area contributed by atoms with Crippen LogP contribution in [0.2, 0.25) is 0 Å². The monoisotopic (exact) mass is 370 g/mol. The van der Waals surface area contributed by atoms with E-state index in [-0.39, 0.29) is 17.0 Å². The van der Waals surface area contributed by atoms with Crippen molar-refractivity contribution in [2.75, 3.05) is 4.72 Å². The molecule has 0 fully saturated rings. The lowest BCUT2D eigenvalue weighted by Gasteiger charge is -2.08. The van der Waals surface area contributed by atoms with E-state index in [0.717, 1.165) is 0 Å². The highest BCUT2D eigenvalue weighted by molar-refractivity contribution is 9.10. The number of halogens is 1. The van der Waals surface area contributed by atoms with E-state index in [1.807, 2.05) is 0 Å². The summed E-state index contributed by atoms with van der Waals surface area (Å²) in [5.74, 6) is -0.995. The quantitative estimate of drug-likeness (QED) is 0.841. The third kappa shape index (κ3) is 4.27. The van der Waals surface area contributed by atoms with Gasteiger partial charge < -0.3 is 5.11 Å². The molecule has 0 bridgehead atoms. The van der Waals surface area contributed by atoms with Gasteiger partial charge in [-0.1, -0.05) is 22.0 Å². The Labute approximate surface area is 130 Å². The molecule has 2 N–H and O–H groups in total. The normalized spacial score (nSPS) is 11.1. The number of carboxylic acids is 1. The standard InChI is InChI=1S/C13H11BrN2O4S/c14-9-2-1-3-12(6-9)21(19,20)16-11-5-4-10(15-8-11)7-13(17)18/h1-6,8,16H,7H2,(H,17,18). The first kappa shape index (κ1) is 15.5. The maximum Gasteiger partial charge on any atom is 0.309 e. The molecule has 21 heavy (non-hydrogen) atoms. The molecule has 0 atom stereocenters. The lowest BCUT2D eigenvalue weighted by atomic mass is 10.3. The molecule has 1 heterocycles. The highest BCUT2D eigenvalue weighted by Crippen LogP contribution is 2.19. The molecular weight excluding hydrogens is 360 g/mol.